The minimum absolute atomic E-state index is 0. The van der Waals surface area contributed by atoms with Crippen LogP contribution in [0.2, 0.25) is 0 Å². The molecular weight excluding hydrogens is 309 g/mol. The van der Waals surface area contributed by atoms with E-state index in [4.69, 9.17) is 5.73 Å². The number of rotatable bonds is 1. The maximum Gasteiger partial charge on any atom is 0.272 e. The molecular formula is C15H23Cl2N3O. The van der Waals surface area contributed by atoms with Crippen LogP contribution in [0.3, 0.4) is 0 Å². The van der Waals surface area contributed by atoms with Crippen LogP contribution in [-0.2, 0) is 0 Å². The predicted molar refractivity (Wildman–Crippen MR) is 88.2 cm³/mol. The molecule has 1 aliphatic heterocycles. The van der Waals surface area contributed by atoms with Gasteiger partial charge in [-0.1, -0.05) is 12.5 Å². The Bertz CT molecular complexity index is 498. The van der Waals surface area contributed by atoms with Crippen molar-refractivity contribution in [2.75, 3.05) is 13.1 Å². The van der Waals surface area contributed by atoms with Gasteiger partial charge in [0.15, 0.2) is 0 Å². The number of nitrogens with zero attached hydrogens (tertiary/aromatic N) is 2. The molecule has 0 aromatic carbocycles. The smallest absolute Gasteiger partial charge is 0.272 e. The highest BCUT2D eigenvalue weighted by atomic mass is 35.5. The third-order valence-electron chi connectivity index (χ3n) is 4.55. The van der Waals surface area contributed by atoms with Gasteiger partial charge in [0.05, 0.1) is 0 Å². The van der Waals surface area contributed by atoms with Crippen molar-refractivity contribution >= 4 is 30.7 Å². The number of fused-ring (bicyclic) bond motifs is 1. The number of nitrogens with two attached hydrogens (primary N) is 1. The van der Waals surface area contributed by atoms with E-state index in [-0.39, 0.29) is 36.8 Å². The number of pyridine rings is 1. The largest absolute Gasteiger partial charge is 0.337 e. The molecule has 1 saturated carbocycles. The first-order valence-electron chi connectivity index (χ1n) is 7.13. The summed E-state index contributed by atoms with van der Waals surface area (Å²) in [5.74, 6) is 1.14. The van der Waals surface area contributed by atoms with E-state index in [1.165, 1.54) is 12.8 Å². The first kappa shape index (κ1) is 18.2. The number of aromatic nitrogens is 1. The van der Waals surface area contributed by atoms with Crippen molar-refractivity contribution in [3.63, 3.8) is 0 Å². The summed E-state index contributed by atoms with van der Waals surface area (Å²) >= 11 is 0. The monoisotopic (exact) mass is 331 g/mol. The first-order valence-corrected chi connectivity index (χ1v) is 7.13. The molecule has 2 aliphatic rings. The average Bonchev–Trinajstić information content (AvgIpc) is 2.83. The second-order valence-electron chi connectivity index (χ2n) is 5.89. The van der Waals surface area contributed by atoms with E-state index < -0.39 is 0 Å². The number of hydrogen-bond acceptors (Lipinski definition) is 3. The standard InChI is InChI=1S/C15H21N3O.2ClH/c1-10-4-2-7-14(17-10)15(19)18-8-11-5-3-6-13(16)12(11)9-18;;/h2,4,7,11-13H,3,5-6,8-9,16H2,1H3;2*1H. The van der Waals surface area contributed by atoms with Crippen LogP contribution in [-0.4, -0.2) is 34.9 Å². The number of amides is 1. The molecule has 1 saturated heterocycles. The van der Waals surface area contributed by atoms with Crippen LogP contribution in [0.4, 0.5) is 0 Å². The molecule has 0 spiro atoms. The lowest BCUT2D eigenvalue weighted by Gasteiger charge is -2.29. The van der Waals surface area contributed by atoms with Gasteiger partial charge in [0.2, 0.25) is 0 Å². The quantitative estimate of drug-likeness (QED) is 0.859. The normalized spacial score (nSPS) is 27.3. The Labute approximate surface area is 138 Å². The van der Waals surface area contributed by atoms with Crippen molar-refractivity contribution in [1.82, 2.24) is 9.88 Å². The van der Waals surface area contributed by atoms with Gasteiger partial charge in [0, 0.05) is 24.8 Å². The Kier molecular flexibility index (Phi) is 6.44. The Morgan fingerprint density at radius 2 is 2.05 bits per heavy atom. The number of carbonyl (C=O) groups excluding carboxylic acids is 1. The van der Waals surface area contributed by atoms with Crippen LogP contribution in [0, 0.1) is 18.8 Å². The molecule has 2 N–H and O–H groups in total. The molecule has 0 bridgehead atoms. The lowest BCUT2D eigenvalue weighted by molar-refractivity contribution is 0.0777. The van der Waals surface area contributed by atoms with Gasteiger partial charge in [-0.3, -0.25) is 4.79 Å². The summed E-state index contributed by atoms with van der Waals surface area (Å²) < 4.78 is 0. The zero-order chi connectivity index (χ0) is 13.4. The van der Waals surface area contributed by atoms with E-state index in [2.05, 4.69) is 4.98 Å². The number of carbonyl (C=O) groups is 1. The lowest BCUT2D eigenvalue weighted by Crippen LogP contribution is -2.38. The molecule has 2 fully saturated rings. The molecule has 118 valence electrons. The van der Waals surface area contributed by atoms with Crippen molar-refractivity contribution in [1.29, 1.82) is 0 Å². The predicted octanol–water partition coefficient (Wildman–Crippen LogP) is 2.43. The van der Waals surface area contributed by atoms with Gasteiger partial charge in [-0.05, 0) is 43.7 Å². The fourth-order valence-electron chi connectivity index (χ4n) is 3.51. The van der Waals surface area contributed by atoms with Crippen molar-refractivity contribution < 1.29 is 4.79 Å². The van der Waals surface area contributed by atoms with Gasteiger partial charge in [0.25, 0.3) is 5.91 Å². The molecule has 1 aromatic rings. The van der Waals surface area contributed by atoms with Gasteiger partial charge >= 0.3 is 0 Å². The second kappa shape index (κ2) is 7.43. The minimum atomic E-state index is 0. The topological polar surface area (TPSA) is 59.2 Å². The Morgan fingerprint density at radius 1 is 1.29 bits per heavy atom. The maximum atomic E-state index is 12.5. The maximum absolute atomic E-state index is 12.5. The first-order chi connectivity index (χ1) is 9.15. The highest BCUT2D eigenvalue weighted by molar-refractivity contribution is 5.92. The third kappa shape index (κ3) is 3.68. The van der Waals surface area contributed by atoms with E-state index in [9.17, 15) is 4.79 Å². The fraction of sp³-hybridized carbons (Fsp3) is 0.600. The summed E-state index contributed by atoms with van der Waals surface area (Å²) in [5.41, 5.74) is 7.64. The van der Waals surface area contributed by atoms with E-state index in [0.29, 0.717) is 17.5 Å². The molecule has 0 radical (unpaired) electrons. The lowest BCUT2D eigenvalue weighted by atomic mass is 9.78. The van der Waals surface area contributed by atoms with E-state index >= 15 is 0 Å². The molecule has 1 aromatic heterocycles. The van der Waals surface area contributed by atoms with Crippen LogP contribution in [0.25, 0.3) is 0 Å². The van der Waals surface area contributed by atoms with E-state index in [1.54, 1.807) is 6.07 Å². The highest BCUT2D eigenvalue weighted by Crippen LogP contribution is 2.35. The van der Waals surface area contributed by atoms with Gasteiger partial charge in [0.1, 0.15) is 5.69 Å². The SMILES string of the molecule is Cc1cccc(C(=O)N2CC3CCCC(N)C3C2)n1.Cl.Cl. The van der Waals surface area contributed by atoms with E-state index in [1.807, 2.05) is 24.0 Å². The van der Waals surface area contributed by atoms with Crippen LogP contribution in [0.5, 0.6) is 0 Å². The van der Waals surface area contributed by atoms with Crippen molar-refractivity contribution in [2.45, 2.75) is 32.2 Å². The van der Waals surface area contributed by atoms with Gasteiger partial charge in [-0.2, -0.15) is 0 Å². The van der Waals surface area contributed by atoms with Crippen molar-refractivity contribution in [3.05, 3.63) is 29.6 Å². The number of aryl methyl sites for hydroxylation is 1. The molecule has 1 amide bonds. The van der Waals surface area contributed by atoms with Crippen LogP contribution < -0.4 is 5.73 Å². The zero-order valence-corrected chi connectivity index (χ0v) is 13.8. The summed E-state index contributed by atoms with van der Waals surface area (Å²) in [6, 6.07) is 5.87. The van der Waals surface area contributed by atoms with Gasteiger partial charge in [-0.15, -0.1) is 24.8 Å². The number of hydrogen-bond donors (Lipinski definition) is 1. The molecule has 2 heterocycles. The summed E-state index contributed by atoms with van der Waals surface area (Å²) in [6.07, 6.45) is 3.52. The fourth-order valence-corrected chi connectivity index (χ4v) is 3.51. The minimum Gasteiger partial charge on any atom is -0.337 e. The van der Waals surface area contributed by atoms with Crippen LogP contribution in [0.1, 0.15) is 35.4 Å². The molecule has 4 nitrogen and oxygen atoms in total. The summed E-state index contributed by atoms with van der Waals surface area (Å²) in [7, 11) is 0. The Hall–Kier alpha value is -0.840. The average molecular weight is 332 g/mol. The Morgan fingerprint density at radius 3 is 2.71 bits per heavy atom. The molecule has 21 heavy (non-hydrogen) atoms. The Balaban J connectivity index is 0.00000110. The third-order valence-corrected chi connectivity index (χ3v) is 4.55. The zero-order valence-electron chi connectivity index (χ0n) is 12.2. The highest BCUT2D eigenvalue weighted by Gasteiger charge is 2.40. The van der Waals surface area contributed by atoms with Crippen molar-refractivity contribution in [2.24, 2.45) is 17.6 Å². The number of halogens is 2. The van der Waals surface area contributed by atoms with Crippen molar-refractivity contribution in [3.8, 4) is 0 Å². The summed E-state index contributed by atoms with van der Waals surface area (Å²) in [6.45, 7) is 3.57. The molecule has 6 heteroatoms. The molecule has 1 aliphatic carbocycles. The van der Waals surface area contributed by atoms with Gasteiger partial charge < -0.3 is 10.6 Å². The number of likely N-dealkylation sites (tertiary alicyclic amines) is 1. The summed E-state index contributed by atoms with van der Waals surface area (Å²) in [4.78, 5) is 18.8. The summed E-state index contributed by atoms with van der Waals surface area (Å²) in [5, 5.41) is 0. The molecule has 3 rings (SSSR count). The van der Waals surface area contributed by atoms with Crippen LogP contribution >= 0.6 is 24.8 Å². The van der Waals surface area contributed by atoms with Gasteiger partial charge in [-0.25, -0.2) is 4.98 Å². The second-order valence-corrected chi connectivity index (χ2v) is 5.89. The molecule has 3 atom stereocenters. The van der Waals surface area contributed by atoms with E-state index in [0.717, 1.165) is 25.2 Å². The molecule has 3 unspecified atom stereocenters. The van der Waals surface area contributed by atoms with Crippen LogP contribution in [0.15, 0.2) is 18.2 Å².